The van der Waals surface area contributed by atoms with Gasteiger partial charge in [0.25, 0.3) is 0 Å². The van der Waals surface area contributed by atoms with Crippen molar-refractivity contribution in [2.24, 2.45) is 0 Å². The van der Waals surface area contributed by atoms with Crippen LogP contribution in [0.15, 0.2) is 47.5 Å². The summed E-state index contributed by atoms with van der Waals surface area (Å²) in [5, 5.41) is 0.949. The van der Waals surface area contributed by atoms with Gasteiger partial charge in [0.05, 0.1) is 15.7 Å². The molecule has 4 nitrogen and oxygen atoms in total. The summed E-state index contributed by atoms with van der Waals surface area (Å²) < 4.78 is 41.6. The molecule has 0 fully saturated rings. The molecule has 0 saturated heterocycles. The molecule has 0 bridgehead atoms. The zero-order chi connectivity index (χ0) is 24.2. The Hall–Kier alpha value is -1.87. The van der Waals surface area contributed by atoms with Crippen molar-refractivity contribution in [3.05, 3.63) is 76.2 Å². The third-order valence-corrected chi connectivity index (χ3v) is 7.97. The van der Waals surface area contributed by atoms with Gasteiger partial charge in [-0.15, -0.1) is 11.8 Å². The molecule has 33 heavy (non-hydrogen) atoms. The molecule has 0 aliphatic heterocycles. The molecule has 0 aliphatic carbocycles. The number of hydrogen-bond acceptors (Lipinski definition) is 4. The first-order chi connectivity index (χ1) is 15.6. The summed E-state index contributed by atoms with van der Waals surface area (Å²) in [7, 11) is -1.23. The van der Waals surface area contributed by atoms with Crippen molar-refractivity contribution in [2.75, 3.05) is 12.9 Å². The first kappa shape index (κ1) is 25.7. The van der Waals surface area contributed by atoms with E-state index >= 15 is 0 Å². The number of thioether (sulfide) groups is 1. The number of benzene rings is 2. The lowest BCUT2D eigenvalue weighted by Gasteiger charge is -2.22. The summed E-state index contributed by atoms with van der Waals surface area (Å²) in [4.78, 5) is 4.79. The maximum atomic E-state index is 13.9. The molecular formula is C24H29ClF2N2O2SSi. The van der Waals surface area contributed by atoms with E-state index in [0.29, 0.717) is 30.5 Å². The van der Waals surface area contributed by atoms with E-state index in [2.05, 4.69) is 19.6 Å². The van der Waals surface area contributed by atoms with E-state index in [-0.39, 0.29) is 10.8 Å². The Morgan fingerprint density at radius 1 is 1.12 bits per heavy atom. The molecule has 0 N–H and O–H groups in total. The third-order valence-electron chi connectivity index (χ3n) is 5.07. The van der Waals surface area contributed by atoms with Gasteiger partial charge in [0, 0.05) is 20.2 Å². The third kappa shape index (κ3) is 6.82. The number of imidazole rings is 1. The molecule has 0 saturated carbocycles. The van der Waals surface area contributed by atoms with E-state index in [0.717, 1.165) is 16.8 Å². The molecule has 0 radical (unpaired) electrons. The molecule has 0 aliphatic rings. The van der Waals surface area contributed by atoms with Gasteiger partial charge in [0.2, 0.25) is 0 Å². The molecule has 9 heteroatoms. The van der Waals surface area contributed by atoms with Crippen LogP contribution in [0.2, 0.25) is 30.7 Å². The molecule has 1 aromatic heterocycles. The van der Waals surface area contributed by atoms with E-state index in [1.807, 2.05) is 17.7 Å². The lowest BCUT2D eigenvalue weighted by molar-refractivity contribution is 0.0747. The summed E-state index contributed by atoms with van der Waals surface area (Å²) in [5.74, 6) is 0.192. The Kier molecular flexibility index (Phi) is 8.61. The minimum atomic E-state index is -1.23. The van der Waals surface area contributed by atoms with Crippen molar-refractivity contribution in [3.63, 3.8) is 0 Å². The quantitative estimate of drug-likeness (QED) is 0.162. The van der Waals surface area contributed by atoms with E-state index < -0.39 is 20.0 Å². The van der Waals surface area contributed by atoms with Crippen LogP contribution >= 0.6 is 23.4 Å². The van der Waals surface area contributed by atoms with Gasteiger partial charge >= 0.3 is 0 Å². The van der Waals surface area contributed by atoms with Gasteiger partial charge in [-0.25, -0.2) is 13.8 Å². The Morgan fingerprint density at radius 3 is 2.42 bits per heavy atom. The van der Waals surface area contributed by atoms with Crippen LogP contribution in [-0.4, -0.2) is 30.5 Å². The largest absolute Gasteiger partial charge is 0.478 e. The monoisotopic (exact) mass is 510 g/mol. The molecule has 2 aromatic carbocycles. The van der Waals surface area contributed by atoms with Gasteiger partial charge in [-0.05, 0) is 55.6 Å². The lowest BCUT2D eigenvalue weighted by Crippen LogP contribution is -2.23. The fourth-order valence-electron chi connectivity index (χ4n) is 3.29. The van der Waals surface area contributed by atoms with Gasteiger partial charge in [-0.1, -0.05) is 37.3 Å². The van der Waals surface area contributed by atoms with Crippen LogP contribution in [0.1, 0.15) is 23.2 Å². The summed E-state index contributed by atoms with van der Waals surface area (Å²) in [6.45, 7) is 9.82. The van der Waals surface area contributed by atoms with Crippen LogP contribution in [0, 0.1) is 18.6 Å². The molecule has 0 spiro atoms. The molecule has 1 heterocycles. The molecular weight excluding hydrogens is 482 g/mol. The predicted molar refractivity (Wildman–Crippen MR) is 133 cm³/mol. The number of nitrogens with zero attached hydrogens (tertiary/aromatic N) is 2. The number of halogens is 3. The van der Waals surface area contributed by atoms with E-state index in [1.165, 1.54) is 24.3 Å². The highest BCUT2D eigenvalue weighted by Gasteiger charge is 2.26. The predicted octanol–water partition coefficient (Wildman–Crippen LogP) is 7.33. The number of aromatic nitrogens is 2. The van der Waals surface area contributed by atoms with Gasteiger partial charge in [-0.2, -0.15) is 0 Å². The Bertz CT molecular complexity index is 1090. The maximum absolute atomic E-state index is 13.9. The van der Waals surface area contributed by atoms with E-state index in [9.17, 15) is 8.78 Å². The Morgan fingerprint density at radius 2 is 1.82 bits per heavy atom. The summed E-state index contributed by atoms with van der Waals surface area (Å²) in [6, 6.07) is 11.3. The molecule has 178 valence electrons. The van der Waals surface area contributed by atoms with Crippen LogP contribution in [0.3, 0.4) is 0 Å². The molecule has 3 aromatic rings. The topological polar surface area (TPSA) is 36.3 Å². The fraction of sp³-hybridized carbons (Fsp3) is 0.375. The first-order valence-electron chi connectivity index (χ1n) is 10.6. The summed E-state index contributed by atoms with van der Waals surface area (Å²) in [5.41, 5.74) is 1.47. The van der Waals surface area contributed by atoms with Crippen molar-refractivity contribution >= 4 is 31.4 Å². The normalized spacial score (nSPS) is 12.7. The Labute approximate surface area is 204 Å². The van der Waals surface area contributed by atoms with Crippen molar-refractivity contribution in [1.82, 2.24) is 9.55 Å². The molecule has 1 atom stereocenters. The zero-order valence-corrected chi connectivity index (χ0v) is 22.1. The fourth-order valence-corrected chi connectivity index (χ4v) is 4.94. The van der Waals surface area contributed by atoms with Crippen molar-refractivity contribution in [2.45, 2.75) is 50.5 Å². The lowest BCUT2D eigenvalue weighted by atomic mass is 10.1. The molecule has 0 amide bonds. The number of rotatable bonds is 10. The standard InChI is InChI=1S/C24H29ClF2N2O2SSi/c1-16-24(32-2)29(15-30-12-13-33(3,4)5)23(28-16)22(17-6-11-21(27)20(25)14-17)31-19-9-7-18(26)8-10-19/h6-11,14,22H,12-13,15H2,1-5H3. The van der Waals surface area contributed by atoms with Gasteiger partial charge < -0.3 is 9.47 Å². The highest BCUT2D eigenvalue weighted by molar-refractivity contribution is 7.98. The summed E-state index contributed by atoms with van der Waals surface area (Å²) in [6.07, 6.45) is 1.28. The highest BCUT2D eigenvalue weighted by Crippen LogP contribution is 2.34. The maximum Gasteiger partial charge on any atom is 0.181 e. The average molecular weight is 511 g/mol. The average Bonchev–Trinajstić information content (AvgIpc) is 3.07. The van der Waals surface area contributed by atoms with Crippen LogP contribution < -0.4 is 4.74 Å². The Balaban J connectivity index is 2.01. The van der Waals surface area contributed by atoms with Crippen molar-refractivity contribution in [1.29, 1.82) is 0 Å². The number of ether oxygens (including phenoxy) is 2. The SMILES string of the molecule is CSc1c(C)nc(C(Oc2ccc(F)cc2)c2ccc(F)c(Cl)c2)n1COCC[Si](C)(C)C. The summed E-state index contributed by atoms with van der Waals surface area (Å²) >= 11 is 7.66. The second-order valence-electron chi connectivity index (χ2n) is 8.97. The molecule has 3 rings (SSSR count). The second kappa shape index (κ2) is 11.0. The first-order valence-corrected chi connectivity index (χ1v) is 16.0. The van der Waals surface area contributed by atoms with Crippen LogP contribution in [0.5, 0.6) is 5.75 Å². The van der Waals surface area contributed by atoms with E-state index in [4.69, 9.17) is 26.1 Å². The second-order valence-corrected chi connectivity index (χ2v) is 15.8. The number of aryl methyl sites for hydroxylation is 1. The molecule has 1 unspecified atom stereocenters. The van der Waals surface area contributed by atoms with Gasteiger partial charge in [-0.3, -0.25) is 4.57 Å². The van der Waals surface area contributed by atoms with E-state index in [1.54, 1.807) is 30.0 Å². The van der Waals surface area contributed by atoms with Crippen LogP contribution in [0.4, 0.5) is 8.78 Å². The zero-order valence-electron chi connectivity index (χ0n) is 19.5. The van der Waals surface area contributed by atoms with Gasteiger partial charge in [0.15, 0.2) is 11.9 Å². The minimum Gasteiger partial charge on any atom is -0.478 e. The van der Waals surface area contributed by atoms with Crippen LogP contribution in [0.25, 0.3) is 0 Å². The highest BCUT2D eigenvalue weighted by atomic mass is 35.5. The smallest absolute Gasteiger partial charge is 0.181 e. The van der Waals surface area contributed by atoms with Gasteiger partial charge in [0.1, 0.15) is 24.1 Å². The minimum absolute atomic E-state index is 0.00786. The number of hydrogen-bond donors (Lipinski definition) is 0. The van der Waals surface area contributed by atoms with Crippen molar-refractivity contribution < 1.29 is 18.3 Å². The van der Waals surface area contributed by atoms with Crippen LogP contribution in [-0.2, 0) is 11.5 Å². The van der Waals surface area contributed by atoms with Crippen molar-refractivity contribution in [3.8, 4) is 5.75 Å².